The normalized spacial score (nSPS) is 36.4. The van der Waals surface area contributed by atoms with Gasteiger partial charge < -0.3 is 14.6 Å². The lowest BCUT2D eigenvalue weighted by atomic mass is 9.68. The third-order valence-electron chi connectivity index (χ3n) is 6.25. The van der Waals surface area contributed by atoms with Crippen LogP contribution in [-0.2, 0) is 19.1 Å². The highest BCUT2D eigenvalue weighted by molar-refractivity contribution is 5.72. The fourth-order valence-electron chi connectivity index (χ4n) is 4.35. The molecule has 7 atom stereocenters. The molecule has 0 radical (unpaired) electrons. The average molecular weight is 389 g/mol. The zero-order valence-corrected chi connectivity index (χ0v) is 17.0. The summed E-state index contributed by atoms with van der Waals surface area (Å²) < 4.78 is 11.3. The fraction of sp³-hybridized carbons (Fsp3) is 0.652. The fourth-order valence-corrected chi connectivity index (χ4v) is 4.35. The molecule has 2 aliphatic carbocycles. The molecule has 0 aromatic rings. The Kier molecular flexibility index (Phi) is 6.76. The molecule has 0 spiro atoms. The van der Waals surface area contributed by atoms with Gasteiger partial charge >= 0.3 is 11.9 Å². The van der Waals surface area contributed by atoms with Crippen molar-refractivity contribution in [3.05, 3.63) is 36.0 Å². The highest BCUT2D eigenvalue weighted by atomic mass is 16.5. The Morgan fingerprint density at radius 2 is 2.21 bits per heavy atom. The summed E-state index contributed by atoms with van der Waals surface area (Å²) in [5.74, 6) is -0.0218. The Balaban J connectivity index is 1.78. The van der Waals surface area contributed by atoms with Crippen molar-refractivity contribution in [3.63, 3.8) is 0 Å². The predicted molar refractivity (Wildman–Crippen MR) is 106 cm³/mol. The Morgan fingerprint density at radius 1 is 1.43 bits per heavy atom. The molecule has 1 heterocycles. The van der Waals surface area contributed by atoms with Crippen LogP contribution in [0.1, 0.15) is 52.9 Å². The molecule has 1 saturated heterocycles. The number of hydrogen-bond acceptors (Lipinski definition) is 5. The first kappa shape index (κ1) is 20.8. The standard InChI is InChI=1S/C23H32O5/c1-4-14(2)23(26)28-20-7-5-6-16-9-8-15(3)19(22(16)20)11-10-18-12-17(24)13-21(25)27-18/h6,8-11,14-15,17-20,22,24H,4-5,7,12-13H2,1-3H3/b11-10+/t14-,15-,17+,18+,19-,20-,22-/m0/s1. The van der Waals surface area contributed by atoms with Crippen LogP contribution < -0.4 is 0 Å². The number of esters is 2. The van der Waals surface area contributed by atoms with Gasteiger partial charge in [-0.3, -0.25) is 9.59 Å². The van der Waals surface area contributed by atoms with Crippen LogP contribution in [-0.4, -0.2) is 35.4 Å². The molecular formula is C23H32O5. The molecule has 0 aromatic heterocycles. The van der Waals surface area contributed by atoms with Gasteiger partial charge in [-0.05, 0) is 42.7 Å². The van der Waals surface area contributed by atoms with Gasteiger partial charge in [-0.25, -0.2) is 0 Å². The third-order valence-corrected chi connectivity index (χ3v) is 6.25. The van der Waals surface area contributed by atoms with E-state index in [1.807, 2.05) is 19.9 Å². The van der Waals surface area contributed by atoms with E-state index in [0.717, 1.165) is 19.3 Å². The van der Waals surface area contributed by atoms with Crippen molar-refractivity contribution in [1.82, 2.24) is 0 Å². The number of hydrogen-bond donors (Lipinski definition) is 1. The molecule has 28 heavy (non-hydrogen) atoms. The molecule has 1 aliphatic heterocycles. The molecular weight excluding hydrogens is 356 g/mol. The number of allylic oxidation sites excluding steroid dienone is 4. The lowest BCUT2D eigenvalue weighted by Crippen LogP contribution is -2.39. The highest BCUT2D eigenvalue weighted by Crippen LogP contribution is 2.42. The summed E-state index contributed by atoms with van der Waals surface area (Å²) >= 11 is 0. The van der Waals surface area contributed by atoms with E-state index in [-0.39, 0.29) is 48.1 Å². The zero-order valence-electron chi connectivity index (χ0n) is 17.0. The van der Waals surface area contributed by atoms with Crippen LogP contribution >= 0.6 is 0 Å². The molecule has 3 rings (SSSR count). The maximum absolute atomic E-state index is 12.4. The molecule has 0 saturated carbocycles. The van der Waals surface area contributed by atoms with Crippen LogP contribution in [0.2, 0.25) is 0 Å². The highest BCUT2D eigenvalue weighted by Gasteiger charge is 2.39. The summed E-state index contributed by atoms with van der Waals surface area (Å²) in [6, 6.07) is 0. The van der Waals surface area contributed by atoms with E-state index in [1.165, 1.54) is 5.57 Å². The van der Waals surface area contributed by atoms with Crippen molar-refractivity contribution in [2.75, 3.05) is 0 Å². The van der Waals surface area contributed by atoms with Gasteiger partial charge in [-0.15, -0.1) is 0 Å². The van der Waals surface area contributed by atoms with Crippen molar-refractivity contribution >= 4 is 11.9 Å². The second-order valence-corrected chi connectivity index (χ2v) is 8.39. The molecule has 3 aliphatic rings. The van der Waals surface area contributed by atoms with Crippen LogP contribution in [0.15, 0.2) is 36.0 Å². The van der Waals surface area contributed by atoms with Gasteiger partial charge in [0.25, 0.3) is 0 Å². The second kappa shape index (κ2) is 9.08. The quantitative estimate of drug-likeness (QED) is 0.574. The lowest BCUT2D eigenvalue weighted by Gasteiger charge is -2.40. The summed E-state index contributed by atoms with van der Waals surface area (Å²) in [6.07, 6.45) is 12.4. The minimum atomic E-state index is -0.644. The van der Waals surface area contributed by atoms with E-state index in [1.54, 1.807) is 0 Å². The van der Waals surface area contributed by atoms with Gasteiger partial charge in [-0.1, -0.05) is 45.1 Å². The topological polar surface area (TPSA) is 72.8 Å². The van der Waals surface area contributed by atoms with Gasteiger partial charge in [0.1, 0.15) is 12.2 Å². The van der Waals surface area contributed by atoms with Crippen molar-refractivity contribution in [1.29, 1.82) is 0 Å². The SMILES string of the molecule is CC[C@H](C)C(=O)O[C@H]1CCC=C2C=C[C@H](C)[C@H](/C=C/[C@@H]3C[C@@H](O)CC(=O)O3)[C@H]21. The number of cyclic esters (lactones) is 1. The monoisotopic (exact) mass is 388 g/mol. The van der Waals surface area contributed by atoms with Gasteiger partial charge in [0.15, 0.2) is 0 Å². The van der Waals surface area contributed by atoms with Gasteiger partial charge in [0.05, 0.1) is 18.4 Å². The maximum atomic E-state index is 12.4. The summed E-state index contributed by atoms with van der Waals surface area (Å²) in [6.45, 7) is 6.06. The Bertz CT molecular complexity index is 676. The van der Waals surface area contributed by atoms with Crippen LogP contribution in [0, 0.1) is 23.7 Å². The van der Waals surface area contributed by atoms with Gasteiger partial charge in [0, 0.05) is 12.3 Å². The molecule has 5 heteroatoms. The second-order valence-electron chi connectivity index (χ2n) is 8.39. The summed E-state index contributed by atoms with van der Waals surface area (Å²) in [5.41, 5.74) is 1.22. The molecule has 0 amide bonds. The van der Waals surface area contributed by atoms with E-state index in [9.17, 15) is 14.7 Å². The van der Waals surface area contributed by atoms with Crippen molar-refractivity contribution < 1.29 is 24.2 Å². The molecule has 0 aromatic carbocycles. The number of fused-ring (bicyclic) bond motifs is 1. The first-order chi connectivity index (χ1) is 13.4. The van der Waals surface area contributed by atoms with Crippen LogP contribution in [0.3, 0.4) is 0 Å². The number of aliphatic hydroxyl groups excluding tert-OH is 1. The van der Waals surface area contributed by atoms with E-state index < -0.39 is 12.2 Å². The lowest BCUT2D eigenvalue weighted by molar-refractivity contribution is -0.158. The summed E-state index contributed by atoms with van der Waals surface area (Å²) in [4.78, 5) is 24.0. The molecule has 0 unspecified atom stereocenters. The molecule has 0 bridgehead atoms. The first-order valence-corrected chi connectivity index (χ1v) is 10.5. The van der Waals surface area contributed by atoms with Crippen molar-refractivity contribution in [2.24, 2.45) is 23.7 Å². The Hall–Kier alpha value is -1.88. The molecule has 1 N–H and O–H groups in total. The van der Waals surface area contributed by atoms with E-state index >= 15 is 0 Å². The average Bonchev–Trinajstić information content (AvgIpc) is 2.66. The number of carbonyl (C=O) groups is 2. The van der Waals surface area contributed by atoms with E-state index in [2.05, 4.69) is 31.2 Å². The zero-order chi connectivity index (χ0) is 20.3. The summed E-state index contributed by atoms with van der Waals surface area (Å²) in [5, 5.41) is 9.83. The molecule has 5 nitrogen and oxygen atoms in total. The smallest absolute Gasteiger partial charge is 0.309 e. The maximum Gasteiger partial charge on any atom is 0.309 e. The predicted octanol–water partition coefficient (Wildman–Crippen LogP) is 3.73. The van der Waals surface area contributed by atoms with E-state index in [0.29, 0.717) is 6.42 Å². The number of aliphatic hydroxyl groups is 1. The van der Waals surface area contributed by atoms with Crippen molar-refractivity contribution in [2.45, 2.75) is 71.2 Å². The number of rotatable bonds is 5. The number of ether oxygens (including phenoxy) is 2. The third kappa shape index (κ3) is 4.75. The van der Waals surface area contributed by atoms with Crippen LogP contribution in [0.5, 0.6) is 0 Å². The first-order valence-electron chi connectivity index (χ1n) is 10.5. The van der Waals surface area contributed by atoms with Crippen LogP contribution in [0.25, 0.3) is 0 Å². The Morgan fingerprint density at radius 3 is 2.93 bits per heavy atom. The Labute approximate surface area is 167 Å². The molecule has 154 valence electrons. The summed E-state index contributed by atoms with van der Waals surface area (Å²) in [7, 11) is 0. The van der Waals surface area contributed by atoms with E-state index in [4.69, 9.17) is 9.47 Å². The minimum Gasteiger partial charge on any atom is -0.461 e. The van der Waals surface area contributed by atoms with Gasteiger partial charge in [-0.2, -0.15) is 0 Å². The minimum absolute atomic E-state index is 0.0655. The molecule has 1 fully saturated rings. The number of carbonyl (C=O) groups excluding carboxylic acids is 2. The van der Waals surface area contributed by atoms with Crippen molar-refractivity contribution in [3.8, 4) is 0 Å². The van der Waals surface area contributed by atoms with Crippen LogP contribution in [0.4, 0.5) is 0 Å². The van der Waals surface area contributed by atoms with Gasteiger partial charge in [0.2, 0.25) is 0 Å². The largest absolute Gasteiger partial charge is 0.461 e.